The summed E-state index contributed by atoms with van der Waals surface area (Å²) in [4.78, 5) is 15.3. The first kappa shape index (κ1) is 14.2. The highest BCUT2D eigenvalue weighted by Gasteiger charge is 2.06. The van der Waals surface area contributed by atoms with Gasteiger partial charge >= 0.3 is 0 Å². The summed E-state index contributed by atoms with van der Waals surface area (Å²) in [6.07, 6.45) is 1.40. The molecule has 0 radical (unpaired) electrons. The molecule has 0 fully saturated rings. The monoisotopic (exact) mass is 271 g/mol. The number of benzene rings is 1. The topological polar surface area (TPSA) is 59.4 Å². The molecular weight excluding hydrogens is 254 g/mol. The highest BCUT2D eigenvalue weighted by atomic mass is 16.5. The number of hydrogen-bond acceptors (Lipinski definition) is 4. The molecule has 104 valence electrons. The first-order valence-corrected chi connectivity index (χ1v) is 6.48. The molecule has 0 aliphatic rings. The van der Waals surface area contributed by atoms with Gasteiger partial charge in [0, 0.05) is 17.8 Å². The summed E-state index contributed by atoms with van der Waals surface area (Å²) < 4.78 is 5.60. The van der Waals surface area contributed by atoms with Gasteiger partial charge in [-0.3, -0.25) is 4.79 Å². The van der Waals surface area contributed by atoms with E-state index in [9.17, 15) is 4.79 Å². The van der Waals surface area contributed by atoms with Crippen molar-refractivity contribution in [3.05, 3.63) is 53.7 Å². The molecule has 1 aromatic carbocycles. The highest BCUT2D eigenvalue weighted by molar-refractivity contribution is 5.96. The number of carbonyl (C=O) groups excluding carboxylic acids is 1. The highest BCUT2D eigenvalue weighted by Crippen LogP contribution is 2.22. The quantitative estimate of drug-likeness (QED) is 0.848. The zero-order chi connectivity index (χ0) is 14.5. The zero-order valence-corrected chi connectivity index (χ0v) is 11.5. The summed E-state index contributed by atoms with van der Waals surface area (Å²) in [6, 6.07) is 11.0. The number of rotatable bonds is 5. The van der Waals surface area contributed by atoms with E-state index in [1.54, 1.807) is 12.1 Å². The van der Waals surface area contributed by atoms with Crippen molar-refractivity contribution >= 4 is 5.78 Å². The van der Waals surface area contributed by atoms with Crippen LogP contribution in [0.15, 0.2) is 42.6 Å². The summed E-state index contributed by atoms with van der Waals surface area (Å²) in [7, 11) is 0. The van der Waals surface area contributed by atoms with Gasteiger partial charge in [0.15, 0.2) is 5.78 Å². The second kappa shape index (κ2) is 6.30. The Labute approximate surface area is 118 Å². The minimum Gasteiger partial charge on any atom is -0.439 e. The van der Waals surface area contributed by atoms with Crippen LogP contribution in [0.4, 0.5) is 0 Å². The molecule has 0 amide bonds. The molecule has 0 bridgehead atoms. The predicted molar refractivity (Wildman–Crippen MR) is 76.3 cm³/mol. The van der Waals surface area contributed by atoms with Crippen LogP contribution in [0.5, 0.6) is 11.6 Å². The third kappa shape index (κ3) is 3.42. The smallest absolute Gasteiger partial charge is 0.219 e. The van der Waals surface area contributed by atoms with Gasteiger partial charge in [-0.05, 0) is 29.7 Å². The zero-order valence-electron chi connectivity index (χ0n) is 11.5. The van der Waals surface area contributed by atoms with Gasteiger partial charge in [0.2, 0.25) is 5.88 Å². The number of aliphatic hydroxyl groups is 1. The Bertz CT molecular complexity index is 574. The largest absolute Gasteiger partial charge is 0.439 e. The Morgan fingerprint density at radius 1 is 1.20 bits per heavy atom. The number of ether oxygens (including phenoxy) is 1. The van der Waals surface area contributed by atoms with Gasteiger partial charge in [0.1, 0.15) is 12.4 Å². The fourth-order valence-corrected chi connectivity index (χ4v) is 1.74. The van der Waals surface area contributed by atoms with Crippen molar-refractivity contribution in [2.24, 2.45) is 0 Å². The third-order valence-corrected chi connectivity index (χ3v) is 2.97. The van der Waals surface area contributed by atoms with Gasteiger partial charge in [-0.25, -0.2) is 4.98 Å². The lowest BCUT2D eigenvalue weighted by atomic mass is 10.0. The maximum absolute atomic E-state index is 11.3. The molecule has 0 aliphatic carbocycles. The van der Waals surface area contributed by atoms with Gasteiger partial charge in [-0.15, -0.1) is 0 Å². The van der Waals surface area contributed by atoms with E-state index in [1.165, 1.54) is 11.8 Å². The molecule has 1 heterocycles. The molecule has 2 rings (SSSR count). The van der Waals surface area contributed by atoms with E-state index in [2.05, 4.69) is 18.8 Å². The van der Waals surface area contributed by atoms with E-state index in [-0.39, 0.29) is 5.78 Å². The normalized spacial score (nSPS) is 10.6. The van der Waals surface area contributed by atoms with E-state index in [0.717, 1.165) is 0 Å². The number of pyridine rings is 1. The van der Waals surface area contributed by atoms with E-state index >= 15 is 0 Å². The summed E-state index contributed by atoms with van der Waals surface area (Å²) in [6.45, 7) is 3.75. The van der Waals surface area contributed by atoms with E-state index in [1.807, 2.05) is 24.3 Å². The summed E-state index contributed by atoms with van der Waals surface area (Å²) in [5.41, 5.74) is 1.62. The SMILES string of the molecule is CC(C)c1ccc(Oc2ccc(C(=O)CO)cn2)cc1. The first-order chi connectivity index (χ1) is 9.60. The van der Waals surface area contributed by atoms with Crippen LogP contribution in [0, 0.1) is 0 Å². The van der Waals surface area contributed by atoms with Crippen molar-refractivity contribution in [3.63, 3.8) is 0 Å². The standard InChI is InChI=1S/C16H17NO3/c1-11(2)12-3-6-14(7-4-12)20-16-8-5-13(9-17-16)15(19)10-18/h3-9,11,18H,10H2,1-2H3. The van der Waals surface area contributed by atoms with E-state index in [0.29, 0.717) is 23.1 Å². The van der Waals surface area contributed by atoms with Crippen molar-refractivity contribution < 1.29 is 14.6 Å². The van der Waals surface area contributed by atoms with Crippen molar-refractivity contribution in [3.8, 4) is 11.6 Å². The summed E-state index contributed by atoms with van der Waals surface area (Å²) in [5, 5.41) is 8.75. The van der Waals surface area contributed by atoms with E-state index < -0.39 is 6.61 Å². The Kier molecular flexibility index (Phi) is 4.48. The van der Waals surface area contributed by atoms with Crippen LogP contribution < -0.4 is 4.74 Å². The lowest BCUT2D eigenvalue weighted by Crippen LogP contribution is -2.04. The molecule has 0 aliphatic heterocycles. The Hall–Kier alpha value is -2.20. The molecule has 4 nitrogen and oxygen atoms in total. The molecule has 0 unspecified atom stereocenters. The van der Waals surface area contributed by atoms with Crippen LogP contribution in [0.3, 0.4) is 0 Å². The minimum absolute atomic E-state index is 0.356. The number of hydrogen-bond donors (Lipinski definition) is 1. The lowest BCUT2D eigenvalue weighted by molar-refractivity contribution is 0.0903. The Balaban J connectivity index is 2.08. The van der Waals surface area contributed by atoms with E-state index in [4.69, 9.17) is 9.84 Å². The average Bonchev–Trinajstić information content (AvgIpc) is 2.48. The van der Waals surface area contributed by atoms with Gasteiger partial charge in [-0.1, -0.05) is 26.0 Å². The maximum atomic E-state index is 11.3. The first-order valence-electron chi connectivity index (χ1n) is 6.48. The van der Waals surface area contributed by atoms with Crippen LogP contribution in [0.25, 0.3) is 0 Å². The third-order valence-electron chi connectivity index (χ3n) is 2.97. The maximum Gasteiger partial charge on any atom is 0.219 e. The minimum atomic E-state index is -0.515. The molecular formula is C16H17NO3. The number of Topliss-reactive ketones (excluding diaryl/α,β-unsaturated/α-hetero) is 1. The number of aliphatic hydroxyl groups excluding tert-OH is 1. The Morgan fingerprint density at radius 2 is 1.90 bits per heavy atom. The molecule has 0 atom stereocenters. The van der Waals surface area contributed by atoms with Crippen LogP contribution in [-0.2, 0) is 0 Å². The fourth-order valence-electron chi connectivity index (χ4n) is 1.74. The van der Waals surface area contributed by atoms with Gasteiger partial charge < -0.3 is 9.84 Å². The van der Waals surface area contributed by atoms with Crippen molar-refractivity contribution in [1.29, 1.82) is 0 Å². The summed E-state index contributed by atoms with van der Waals surface area (Å²) in [5.74, 6) is 1.23. The number of ketones is 1. The van der Waals surface area contributed by atoms with Crippen molar-refractivity contribution in [2.45, 2.75) is 19.8 Å². The van der Waals surface area contributed by atoms with Crippen LogP contribution >= 0.6 is 0 Å². The van der Waals surface area contributed by atoms with Gasteiger partial charge in [0.05, 0.1) is 0 Å². The van der Waals surface area contributed by atoms with Crippen LogP contribution in [-0.4, -0.2) is 22.5 Å². The Morgan fingerprint density at radius 3 is 2.40 bits per heavy atom. The number of carbonyl (C=O) groups is 1. The van der Waals surface area contributed by atoms with Crippen molar-refractivity contribution in [1.82, 2.24) is 4.98 Å². The fraction of sp³-hybridized carbons (Fsp3) is 0.250. The second-order valence-corrected chi connectivity index (χ2v) is 4.79. The van der Waals surface area contributed by atoms with Crippen molar-refractivity contribution in [2.75, 3.05) is 6.61 Å². The van der Waals surface area contributed by atoms with Crippen LogP contribution in [0.2, 0.25) is 0 Å². The van der Waals surface area contributed by atoms with Gasteiger partial charge in [0.25, 0.3) is 0 Å². The number of nitrogens with zero attached hydrogens (tertiary/aromatic N) is 1. The van der Waals surface area contributed by atoms with Crippen LogP contribution in [0.1, 0.15) is 35.7 Å². The number of aromatic nitrogens is 1. The summed E-state index contributed by atoms with van der Waals surface area (Å²) >= 11 is 0. The molecule has 4 heteroatoms. The molecule has 1 aromatic heterocycles. The lowest BCUT2D eigenvalue weighted by Gasteiger charge is -2.08. The molecule has 1 N–H and O–H groups in total. The molecule has 0 saturated carbocycles. The molecule has 0 spiro atoms. The molecule has 20 heavy (non-hydrogen) atoms. The average molecular weight is 271 g/mol. The van der Waals surface area contributed by atoms with Gasteiger partial charge in [-0.2, -0.15) is 0 Å². The second-order valence-electron chi connectivity index (χ2n) is 4.79. The predicted octanol–water partition coefficient (Wildman–Crippen LogP) is 3.17. The molecule has 0 saturated heterocycles. The molecule has 2 aromatic rings.